The van der Waals surface area contributed by atoms with Gasteiger partial charge in [0.2, 0.25) is 0 Å². The van der Waals surface area contributed by atoms with Gasteiger partial charge >= 0.3 is 0 Å². The number of ketones is 1. The van der Waals surface area contributed by atoms with Crippen LogP contribution < -0.4 is 4.90 Å². The van der Waals surface area contributed by atoms with Crippen LogP contribution in [-0.2, 0) is 4.74 Å². The van der Waals surface area contributed by atoms with Crippen LogP contribution in [0.3, 0.4) is 0 Å². The molecule has 0 amide bonds. The van der Waals surface area contributed by atoms with E-state index in [0.29, 0.717) is 16.6 Å². The van der Waals surface area contributed by atoms with Crippen molar-refractivity contribution in [2.24, 2.45) is 0 Å². The van der Waals surface area contributed by atoms with Crippen LogP contribution in [0.5, 0.6) is 0 Å². The number of ether oxygens (including phenoxy) is 1. The van der Waals surface area contributed by atoms with Gasteiger partial charge in [-0.05, 0) is 38.0 Å². The summed E-state index contributed by atoms with van der Waals surface area (Å²) >= 11 is 6.14. The highest BCUT2D eigenvalue weighted by atomic mass is 35.5. The summed E-state index contributed by atoms with van der Waals surface area (Å²) in [5.41, 5.74) is 1.64. The molecule has 0 saturated carbocycles. The highest BCUT2D eigenvalue weighted by Gasteiger charge is 2.19. The number of nitrogens with zero attached hydrogens (tertiary/aromatic N) is 1. The summed E-state index contributed by atoms with van der Waals surface area (Å²) in [6.45, 7) is 3.16. The van der Waals surface area contributed by atoms with Gasteiger partial charge < -0.3 is 9.64 Å². The highest BCUT2D eigenvalue weighted by Crippen LogP contribution is 2.26. The van der Waals surface area contributed by atoms with E-state index < -0.39 is 0 Å². The first-order chi connectivity index (χ1) is 8.59. The molecule has 0 atom stereocenters. The number of halogens is 1. The molecule has 0 radical (unpaired) electrons. The van der Waals surface area contributed by atoms with Gasteiger partial charge in [0.05, 0.1) is 5.02 Å². The minimum atomic E-state index is 0.000249. The number of rotatable bonds is 3. The van der Waals surface area contributed by atoms with E-state index >= 15 is 0 Å². The third-order valence-corrected chi connectivity index (χ3v) is 3.79. The average Bonchev–Trinajstić information content (AvgIpc) is 2.38. The zero-order chi connectivity index (χ0) is 13.1. The fraction of sp³-hybridized carbons (Fsp3) is 0.500. The molecule has 1 fully saturated rings. The molecule has 2 rings (SSSR count). The molecular formula is C14H18ClNO2. The van der Waals surface area contributed by atoms with E-state index in [1.54, 1.807) is 6.07 Å². The topological polar surface area (TPSA) is 29.5 Å². The number of Topliss-reactive ketones (excluding diaryl/α,β-unsaturated/α-hetero) is 1. The van der Waals surface area contributed by atoms with Crippen molar-refractivity contribution in [1.29, 1.82) is 0 Å². The van der Waals surface area contributed by atoms with E-state index in [1.165, 1.54) is 6.92 Å². The molecule has 1 aromatic rings. The van der Waals surface area contributed by atoms with Crippen LogP contribution in [0.15, 0.2) is 18.2 Å². The van der Waals surface area contributed by atoms with E-state index in [0.717, 1.165) is 31.7 Å². The lowest BCUT2D eigenvalue weighted by Crippen LogP contribution is -2.36. The van der Waals surface area contributed by atoms with Crippen molar-refractivity contribution in [1.82, 2.24) is 0 Å². The number of benzene rings is 1. The Morgan fingerprint density at radius 2 is 2.06 bits per heavy atom. The smallest absolute Gasteiger partial charge is 0.161 e. The molecule has 1 heterocycles. The molecular weight excluding hydrogens is 250 g/mol. The second-order valence-electron chi connectivity index (χ2n) is 4.67. The Morgan fingerprint density at radius 3 is 2.61 bits per heavy atom. The van der Waals surface area contributed by atoms with Gasteiger partial charge in [0.1, 0.15) is 0 Å². The van der Waals surface area contributed by atoms with Crippen molar-refractivity contribution in [3.05, 3.63) is 28.8 Å². The second-order valence-corrected chi connectivity index (χ2v) is 5.08. The Balaban J connectivity index is 2.17. The van der Waals surface area contributed by atoms with Crippen molar-refractivity contribution in [2.45, 2.75) is 25.8 Å². The van der Waals surface area contributed by atoms with Crippen molar-refractivity contribution in [3.8, 4) is 0 Å². The molecule has 1 aromatic carbocycles. The summed E-state index contributed by atoms with van der Waals surface area (Å²) in [7, 11) is 2.06. The molecule has 0 aliphatic carbocycles. The second kappa shape index (κ2) is 5.72. The summed E-state index contributed by atoms with van der Waals surface area (Å²) in [6, 6.07) is 6.11. The largest absolute Gasteiger partial charge is 0.381 e. The van der Waals surface area contributed by atoms with Crippen LogP contribution in [0, 0.1) is 0 Å². The van der Waals surface area contributed by atoms with Gasteiger partial charge in [-0.1, -0.05) is 11.6 Å². The SMILES string of the molecule is CC(=O)c1ccc(N(C)C2CCOCC2)cc1Cl. The third kappa shape index (κ3) is 2.85. The van der Waals surface area contributed by atoms with E-state index in [-0.39, 0.29) is 5.78 Å². The average molecular weight is 268 g/mol. The molecule has 0 aromatic heterocycles. The maximum Gasteiger partial charge on any atom is 0.161 e. The van der Waals surface area contributed by atoms with E-state index in [2.05, 4.69) is 11.9 Å². The van der Waals surface area contributed by atoms with Gasteiger partial charge in [0.25, 0.3) is 0 Å². The van der Waals surface area contributed by atoms with Crippen LogP contribution in [0.25, 0.3) is 0 Å². The molecule has 0 spiro atoms. The van der Waals surface area contributed by atoms with Crippen LogP contribution in [-0.4, -0.2) is 32.1 Å². The molecule has 4 heteroatoms. The number of anilines is 1. The van der Waals surface area contributed by atoms with E-state index in [1.807, 2.05) is 12.1 Å². The first-order valence-electron chi connectivity index (χ1n) is 6.20. The van der Waals surface area contributed by atoms with Crippen LogP contribution in [0.1, 0.15) is 30.1 Å². The summed E-state index contributed by atoms with van der Waals surface area (Å²) < 4.78 is 5.36. The van der Waals surface area contributed by atoms with Gasteiger partial charge in [-0.2, -0.15) is 0 Å². The number of hydrogen-bond donors (Lipinski definition) is 0. The number of hydrogen-bond acceptors (Lipinski definition) is 3. The van der Waals surface area contributed by atoms with Gasteiger partial charge in [0, 0.05) is 37.6 Å². The normalized spacial score (nSPS) is 16.6. The van der Waals surface area contributed by atoms with Crippen molar-refractivity contribution < 1.29 is 9.53 Å². The van der Waals surface area contributed by atoms with Crippen LogP contribution in [0.4, 0.5) is 5.69 Å². The lowest BCUT2D eigenvalue weighted by molar-refractivity contribution is 0.0855. The molecule has 1 aliphatic rings. The Morgan fingerprint density at radius 1 is 1.39 bits per heavy atom. The quantitative estimate of drug-likeness (QED) is 0.788. The standard InChI is InChI=1S/C14H18ClNO2/c1-10(17)13-4-3-12(9-14(13)15)16(2)11-5-7-18-8-6-11/h3-4,9,11H,5-8H2,1-2H3. The van der Waals surface area contributed by atoms with Crippen molar-refractivity contribution in [2.75, 3.05) is 25.2 Å². The molecule has 98 valence electrons. The molecule has 1 aliphatic heterocycles. The molecule has 0 unspecified atom stereocenters. The minimum absolute atomic E-state index is 0.000249. The lowest BCUT2D eigenvalue weighted by atomic mass is 10.1. The minimum Gasteiger partial charge on any atom is -0.381 e. The zero-order valence-electron chi connectivity index (χ0n) is 10.8. The summed E-state index contributed by atoms with van der Waals surface area (Å²) in [6.07, 6.45) is 2.06. The molecule has 0 N–H and O–H groups in total. The Labute approximate surface area is 113 Å². The Kier molecular flexibility index (Phi) is 4.25. The number of carbonyl (C=O) groups excluding carboxylic acids is 1. The monoisotopic (exact) mass is 267 g/mol. The lowest BCUT2D eigenvalue weighted by Gasteiger charge is -2.33. The predicted molar refractivity (Wildman–Crippen MR) is 73.7 cm³/mol. The predicted octanol–water partition coefficient (Wildman–Crippen LogP) is 3.16. The highest BCUT2D eigenvalue weighted by molar-refractivity contribution is 6.34. The summed E-state index contributed by atoms with van der Waals surface area (Å²) in [5.74, 6) is 0.000249. The first kappa shape index (κ1) is 13.4. The van der Waals surface area contributed by atoms with Crippen LogP contribution >= 0.6 is 11.6 Å². The number of carbonyl (C=O) groups is 1. The van der Waals surface area contributed by atoms with Gasteiger partial charge in [-0.3, -0.25) is 4.79 Å². The third-order valence-electron chi connectivity index (χ3n) is 3.48. The maximum atomic E-state index is 11.3. The molecule has 1 saturated heterocycles. The maximum absolute atomic E-state index is 11.3. The Hall–Kier alpha value is -1.06. The molecule has 18 heavy (non-hydrogen) atoms. The summed E-state index contributed by atoms with van der Waals surface area (Å²) in [4.78, 5) is 13.6. The molecule has 0 bridgehead atoms. The summed E-state index contributed by atoms with van der Waals surface area (Å²) in [5, 5.41) is 0.527. The van der Waals surface area contributed by atoms with E-state index in [4.69, 9.17) is 16.3 Å². The Bertz CT molecular complexity index is 441. The zero-order valence-corrected chi connectivity index (χ0v) is 11.5. The van der Waals surface area contributed by atoms with Crippen molar-refractivity contribution >= 4 is 23.1 Å². The first-order valence-corrected chi connectivity index (χ1v) is 6.58. The fourth-order valence-corrected chi connectivity index (χ4v) is 2.60. The fourth-order valence-electron chi connectivity index (χ4n) is 2.29. The molecule has 3 nitrogen and oxygen atoms in total. The van der Waals surface area contributed by atoms with Gasteiger partial charge in [-0.15, -0.1) is 0 Å². The van der Waals surface area contributed by atoms with E-state index in [9.17, 15) is 4.79 Å². The van der Waals surface area contributed by atoms with Crippen molar-refractivity contribution in [3.63, 3.8) is 0 Å². The van der Waals surface area contributed by atoms with Gasteiger partial charge in [-0.25, -0.2) is 0 Å². The van der Waals surface area contributed by atoms with Crippen LogP contribution in [0.2, 0.25) is 5.02 Å². The van der Waals surface area contributed by atoms with Gasteiger partial charge in [0.15, 0.2) is 5.78 Å².